The maximum absolute atomic E-state index is 11.4. The molecule has 1 aromatic heterocycles. The molecule has 19 heavy (non-hydrogen) atoms. The lowest BCUT2D eigenvalue weighted by molar-refractivity contribution is -0.138. The number of benzene rings is 1. The van der Waals surface area contributed by atoms with Gasteiger partial charge >= 0.3 is 5.97 Å². The van der Waals surface area contributed by atoms with Gasteiger partial charge in [-0.05, 0) is 17.7 Å². The summed E-state index contributed by atoms with van der Waals surface area (Å²) in [6.07, 6.45) is -0.175. The number of carbonyl (C=O) groups is 2. The van der Waals surface area contributed by atoms with Gasteiger partial charge in [0.05, 0.1) is 6.42 Å². The van der Waals surface area contributed by atoms with E-state index in [0.29, 0.717) is 18.0 Å². The van der Waals surface area contributed by atoms with Crippen molar-refractivity contribution in [2.75, 3.05) is 0 Å². The average molecular weight is 262 g/mol. The number of carboxylic acids is 1. The zero-order valence-electron chi connectivity index (χ0n) is 10.5. The minimum absolute atomic E-state index is 0.0149. The van der Waals surface area contributed by atoms with Crippen molar-refractivity contribution in [3.05, 3.63) is 29.7 Å². The van der Waals surface area contributed by atoms with Gasteiger partial charge in [-0.25, -0.2) is 4.98 Å². The summed E-state index contributed by atoms with van der Waals surface area (Å²) in [5.41, 5.74) is 2.33. The maximum Gasteiger partial charge on any atom is 0.303 e. The van der Waals surface area contributed by atoms with Crippen molar-refractivity contribution in [1.29, 1.82) is 0 Å². The first-order valence-corrected chi connectivity index (χ1v) is 5.89. The van der Waals surface area contributed by atoms with E-state index in [0.717, 1.165) is 11.1 Å². The topological polar surface area (TPSA) is 92.4 Å². The molecule has 0 aliphatic carbocycles. The van der Waals surface area contributed by atoms with Crippen molar-refractivity contribution in [3.63, 3.8) is 0 Å². The van der Waals surface area contributed by atoms with Crippen molar-refractivity contribution in [1.82, 2.24) is 10.3 Å². The van der Waals surface area contributed by atoms with Gasteiger partial charge in [0.25, 0.3) is 0 Å². The zero-order chi connectivity index (χ0) is 13.8. The minimum Gasteiger partial charge on any atom is -0.481 e. The fraction of sp³-hybridized carbons (Fsp3) is 0.308. The number of carbonyl (C=O) groups excluding carboxylic acids is 1. The van der Waals surface area contributed by atoms with Crippen molar-refractivity contribution >= 4 is 23.0 Å². The highest BCUT2D eigenvalue weighted by molar-refractivity contribution is 5.80. The molecule has 0 radical (unpaired) electrons. The monoisotopic (exact) mass is 262 g/mol. The molecule has 6 heteroatoms. The number of nitrogens with one attached hydrogen (secondary N) is 1. The smallest absolute Gasteiger partial charge is 0.303 e. The third kappa shape index (κ3) is 3.54. The van der Waals surface area contributed by atoms with Gasteiger partial charge < -0.3 is 14.8 Å². The lowest BCUT2D eigenvalue weighted by Crippen LogP contribution is -2.23. The van der Waals surface area contributed by atoms with Gasteiger partial charge in [-0.3, -0.25) is 9.59 Å². The number of aryl methyl sites for hydroxylation is 1. The summed E-state index contributed by atoms with van der Waals surface area (Å²) < 4.78 is 5.39. The van der Waals surface area contributed by atoms with E-state index in [-0.39, 0.29) is 18.7 Å². The van der Waals surface area contributed by atoms with Crippen LogP contribution in [0.25, 0.3) is 11.1 Å². The maximum atomic E-state index is 11.4. The molecule has 0 bridgehead atoms. The first-order chi connectivity index (χ1) is 9.04. The molecule has 0 fully saturated rings. The van der Waals surface area contributed by atoms with Crippen molar-refractivity contribution in [3.8, 4) is 0 Å². The van der Waals surface area contributed by atoms with Gasteiger partial charge in [0.1, 0.15) is 5.52 Å². The Kier molecular flexibility index (Phi) is 3.79. The van der Waals surface area contributed by atoms with Crippen LogP contribution in [0, 0.1) is 6.92 Å². The standard InChI is InChI=1S/C13H14N2O4/c1-8-15-10-3-2-9(6-11(10)19-8)7-14-12(16)4-5-13(17)18/h2-3,6H,4-5,7H2,1H3,(H,14,16)(H,17,18). The molecule has 0 saturated carbocycles. The Bertz CT molecular complexity index is 618. The number of amides is 1. The van der Waals surface area contributed by atoms with E-state index in [1.54, 1.807) is 6.92 Å². The van der Waals surface area contributed by atoms with Crippen LogP contribution in [0.15, 0.2) is 22.6 Å². The van der Waals surface area contributed by atoms with E-state index >= 15 is 0 Å². The lowest BCUT2D eigenvalue weighted by Gasteiger charge is -2.04. The SMILES string of the molecule is Cc1nc2ccc(CNC(=O)CCC(=O)O)cc2o1. The number of fused-ring (bicyclic) bond motifs is 1. The molecule has 0 spiro atoms. The van der Waals surface area contributed by atoms with E-state index in [4.69, 9.17) is 9.52 Å². The van der Waals surface area contributed by atoms with Crippen LogP contribution in [-0.4, -0.2) is 22.0 Å². The number of aromatic nitrogens is 1. The molecular weight excluding hydrogens is 248 g/mol. The Morgan fingerprint density at radius 2 is 2.16 bits per heavy atom. The van der Waals surface area contributed by atoms with Crippen LogP contribution in [0.1, 0.15) is 24.3 Å². The Morgan fingerprint density at radius 3 is 2.89 bits per heavy atom. The second-order valence-corrected chi connectivity index (χ2v) is 4.21. The van der Waals surface area contributed by atoms with Crippen LogP contribution in [0.5, 0.6) is 0 Å². The molecule has 0 aliphatic heterocycles. The fourth-order valence-electron chi connectivity index (χ4n) is 1.70. The quantitative estimate of drug-likeness (QED) is 0.854. The first-order valence-electron chi connectivity index (χ1n) is 5.89. The molecule has 2 aromatic rings. The predicted octanol–water partition coefficient (Wildman–Crippen LogP) is 1.62. The number of rotatable bonds is 5. The Morgan fingerprint density at radius 1 is 1.37 bits per heavy atom. The van der Waals surface area contributed by atoms with Gasteiger partial charge in [-0.1, -0.05) is 6.07 Å². The third-order valence-electron chi connectivity index (χ3n) is 2.62. The van der Waals surface area contributed by atoms with Crippen molar-refractivity contribution in [2.24, 2.45) is 0 Å². The molecule has 0 aliphatic rings. The normalized spacial score (nSPS) is 10.6. The fourth-order valence-corrected chi connectivity index (χ4v) is 1.70. The molecule has 0 unspecified atom stereocenters. The molecular formula is C13H14N2O4. The highest BCUT2D eigenvalue weighted by atomic mass is 16.4. The third-order valence-corrected chi connectivity index (χ3v) is 2.62. The molecule has 1 amide bonds. The van der Waals surface area contributed by atoms with Crippen LogP contribution < -0.4 is 5.32 Å². The summed E-state index contributed by atoms with van der Waals surface area (Å²) in [7, 11) is 0. The van der Waals surface area contributed by atoms with Gasteiger partial charge in [0.2, 0.25) is 5.91 Å². The lowest BCUT2D eigenvalue weighted by atomic mass is 10.2. The van der Waals surface area contributed by atoms with Gasteiger partial charge in [-0.15, -0.1) is 0 Å². The second kappa shape index (κ2) is 5.51. The number of carboxylic acid groups (broad SMARTS) is 1. The average Bonchev–Trinajstić information content (AvgIpc) is 2.73. The molecule has 0 saturated heterocycles. The van der Waals surface area contributed by atoms with Gasteiger partial charge in [0, 0.05) is 19.9 Å². The number of oxazole rings is 1. The van der Waals surface area contributed by atoms with E-state index in [2.05, 4.69) is 10.3 Å². The molecule has 6 nitrogen and oxygen atoms in total. The first kappa shape index (κ1) is 13.1. The summed E-state index contributed by atoms with van der Waals surface area (Å²) in [6, 6.07) is 5.49. The molecule has 2 N–H and O–H groups in total. The second-order valence-electron chi connectivity index (χ2n) is 4.21. The van der Waals surface area contributed by atoms with E-state index in [9.17, 15) is 9.59 Å². The number of aliphatic carboxylic acids is 1. The summed E-state index contributed by atoms with van der Waals surface area (Å²) in [5, 5.41) is 11.1. The van der Waals surface area contributed by atoms with E-state index in [1.165, 1.54) is 0 Å². The molecule has 1 heterocycles. The number of hydrogen-bond donors (Lipinski definition) is 2. The number of hydrogen-bond acceptors (Lipinski definition) is 4. The zero-order valence-corrected chi connectivity index (χ0v) is 10.5. The summed E-state index contributed by atoms with van der Waals surface area (Å²) in [6.45, 7) is 2.11. The molecule has 100 valence electrons. The minimum atomic E-state index is -0.978. The summed E-state index contributed by atoms with van der Waals surface area (Å²) in [4.78, 5) is 25.9. The van der Waals surface area contributed by atoms with Crippen LogP contribution in [-0.2, 0) is 16.1 Å². The van der Waals surface area contributed by atoms with Crippen molar-refractivity contribution < 1.29 is 19.1 Å². The summed E-state index contributed by atoms with van der Waals surface area (Å²) in [5.74, 6) is -0.664. The van der Waals surface area contributed by atoms with Gasteiger partial charge in [0.15, 0.2) is 11.5 Å². The predicted molar refractivity (Wildman–Crippen MR) is 67.5 cm³/mol. The molecule has 0 atom stereocenters. The largest absolute Gasteiger partial charge is 0.481 e. The Balaban J connectivity index is 1.94. The van der Waals surface area contributed by atoms with Crippen LogP contribution >= 0.6 is 0 Å². The highest BCUT2D eigenvalue weighted by Gasteiger charge is 2.06. The Hall–Kier alpha value is -2.37. The van der Waals surface area contributed by atoms with Crippen LogP contribution in [0.2, 0.25) is 0 Å². The molecule has 2 rings (SSSR count). The van der Waals surface area contributed by atoms with E-state index < -0.39 is 5.97 Å². The highest BCUT2D eigenvalue weighted by Crippen LogP contribution is 2.16. The van der Waals surface area contributed by atoms with Crippen LogP contribution in [0.3, 0.4) is 0 Å². The van der Waals surface area contributed by atoms with Gasteiger partial charge in [-0.2, -0.15) is 0 Å². The molecule has 1 aromatic carbocycles. The number of nitrogens with zero attached hydrogens (tertiary/aromatic N) is 1. The van der Waals surface area contributed by atoms with E-state index in [1.807, 2.05) is 18.2 Å². The Labute approximate surface area is 109 Å². The summed E-state index contributed by atoms with van der Waals surface area (Å²) >= 11 is 0. The van der Waals surface area contributed by atoms with Crippen molar-refractivity contribution in [2.45, 2.75) is 26.3 Å². The van der Waals surface area contributed by atoms with Crippen LogP contribution in [0.4, 0.5) is 0 Å².